The molecular weight excluding hydrogens is 402 g/mol. The van der Waals surface area contributed by atoms with E-state index in [2.05, 4.69) is 0 Å². The fourth-order valence-corrected chi connectivity index (χ4v) is 3.84. The van der Waals surface area contributed by atoms with Crippen molar-refractivity contribution in [1.29, 1.82) is 0 Å². The molecular formula is C21H16F2O5S. The number of halogens is 2. The van der Waals surface area contributed by atoms with Gasteiger partial charge in [-0.3, -0.25) is 0 Å². The summed E-state index contributed by atoms with van der Waals surface area (Å²) in [5, 5.41) is 0. The summed E-state index contributed by atoms with van der Waals surface area (Å²) in [6.07, 6.45) is 1.12. The molecule has 1 aliphatic rings. The highest BCUT2D eigenvalue weighted by Gasteiger charge is 2.21. The van der Waals surface area contributed by atoms with Crippen molar-refractivity contribution >= 4 is 9.84 Å². The number of methoxy groups -OCH3 is 1. The molecule has 29 heavy (non-hydrogen) atoms. The summed E-state index contributed by atoms with van der Waals surface area (Å²) in [7, 11) is -2.16. The van der Waals surface area contributed by atoms with Gasteiger partial charge in [-0.1, -0.05) is 12.1 Å². The summed E-state index contributed by atoms with van der Waals surface area (Å²) in [5.74, 6) is -1.19. The van der Waals surface area contributed by atoms with Crippen LogP contribution in [0.15, 0.2) is 53.4 Å². The lowest BCUT2D eigenvalue weighted by Crippen LogP contribution is -1.97. The van der Waals surface area contributed by atoms with Crippen molar-refractivity contribution in [2.45, 2.75) is 4.90 Å². The first-order valence-corrected chi connectivity index (χ1v) is 10.4. The number of rotatable bonds is 4. The quantitative estimate of drug-likeness (QED) is 0.627. The monoisotopic (exact) mass is 418 g/mol. The Morgan fingerprint density at radius 2 is 1.38 bits per heavy atom. The third-order valence-electron chi connectivity index (χ3n) is 4.62. The number of fused-ring (bicyclic) bond motifs is 1. The van der Waals surface area contributed by atoms with Gasteiger partial charge in [-0.15, -0.1) is 0 Å². The first-order chi connectivity index (χ1) is 13.8. The Labute approximate surface area is 166 Å². The molecule has 4 rings (SSSR count). The molecule has 0 fully saturated rings. The molecule has 0 saturated heterocycles. The van der Waals surface area contributed by atoms with Gasteiger partial charge in [0.2, 0.25) is 6.79 Å². The van der Waals surface area contributed by atoms with E-state index in [1.165, 1.54) is 31.4 Å². The summed E-state index contributed by atoms with van der Waals surface area (Å²) in [4.78, 5) is 0.171. The number of hydrogen-bond acceptors (Lipinski definition) is 5. The number of ether oxygens (including phenoxy) is 3. The predicted octanol–water partition coefficient (Wildman–Crippen LogP) is 4.44. The standard InChI is InChI=1S/C21H16F2O5S/c1-26-21-17(22)7-13(8-18(21)23)16-10-20-19(27-11-28-20)9-15(16)12-3-5-14(6-4-12)29(2,24)25/h3-10H,11H2,1-2H3. The van der Waals surface area contributed by atoms with Gasteiger partial charge in [0.15, 0.2) is 38.7 Å². The summed E-state index contributed by atoms with van der Waals surface area (Å²) in [5.41, 5.74) is 2.05. The molecule has 0 bridgehead atoms. The van der Waals surface area contributed by atoms with Crippen LogP contribution in [0.25, 0.3) is 22.3 Å². The van der Waals surface area contributed by atoms with Crippen molar-refractivity contribution in [1.82, 2.24) is 0 Å². The van der Waals surface area contributed by atoms with E-state index in [0.29, 0.717) is 28.2 Å². The van der Waals surface area contributed by atoms with Gasteiger partial charge in [0.1, 0.15) is 0 Å². The van der Waals surface area contributed by atoms with Crippen molar-refractivity contribution in [3.8, 4) is 39.5 Å². The second-order valence-corrected chi connectivity index (χ2v) is 8.54. The second-order valence-electron chi connectivity index (χ2n) is 6.52. The Bertz CT molecular complexity index is 1180. The highest BCUT2D eigenvalue weighted by atomic mass is 32.2. The van der Waals surface area contributed by atoms with Crippen LogP contribution < -0.4 is 14.2 Å². The van der Waals surface area contributed by atoms with Crippen LogP contribution in [0.1, 0.15) is 0 Å². The predicted molar refractivity (Wildman–Crippen MR) is 103 cm³/mol. The molecule has 3 aromatic carbocycles. The van der Waals surface area contributed by atoms with Crippen LogP contribution in [0.3, 0.4) is 0 Å². The summed E-state index contributed by atoms with van der Waals surface area (Å²) in [6, 6.07) is 11.9. The largest absolute Gasteiger partial charge is 0.491 e. The van der Waals surface area contributed by atoms with Crippen molar-refractivity contribution in [2.75, 3.05) is 20.2 Å². The van der Waals surface area contributed by atoms with Gasteiger partial charge in [-0.25, -0.2) is 17.2 Å². The van der Waals surface area contributed by atoms with Crippen molar-refractivity contribution < 1.29 is 31.4 Å². The maximum Gasteiger partial charge on any atom is 0.231 e. The molecule has 0 amide bonds. The molecule has 0 aromatic heterocycles. The molecule has 0 aliphatic carbocycles. The molecule has 0 spiro atoms. The molecule has 0 N–H and O–H groups in total. The number of sulfone groups is 1. The maximum atomic E-state index is 14.3. The fourth-order valence-electron chi connectivity index (χ4n) is 3.21. The molecule has 5 nitrogen and oxygen atoms in total. The first kappa shape index (κ1) is 19.2. The molecule has 1 heterocycles. The zero-order valence-electron chi connectivity index (χ0n) is 15.5. The highest BCUT2D eigenvalue weighted by Crippen LogP contribution is 2.44. The molecule has 3 aromatic rings. The van der Waals surface area contributed by atoms with Gasteiger partial charge in [0.05, 0.1) is 12.0 Å². The normalized spacial score (nSPS) is 12.8. The zero-order valence-corrected chi connectivity index (χ0v) is 16.3. The van der Waals surface area contributed by atoms with Crippen molar-refractivity contribution in [2.24, 2.45) is 0 Å². The number of benzene rings is 3. The van der Waals surface area contributed by atoms with E-state index in [1.807, 2.05) is 0 Å². The SMILES string of the molecule is COc1c(F)cc(-c2cc3c(cc2-c2ccc(S(C)(=O)=O)cc2)OCO3)cc1F. The Hall–Kier alpha value is -3.13. The summed E-state index contributed by atoms with van der Waals surface area (Å²) < 4.78 is 67.6. The molecule has 150 valence electrons. The van der Waals surface area contributed by atoms with E-state index in [1.54, 1.807) is 24.3 Å². The van der Waals surface area contributed by atoms with Crippen LogP contribution in [0.2, 0.25) is 0 Å². The first-order valence-electron chi connectivity index (χ1n) is 8.55. The zero-order chi connectivity index (χ0) is 20.8. The van der Waals surface area contributed by atoms with Crippen LogP contribution >= 0.6 is 0 Å². The Morgan fingerprint density at radius 1 is 0.862 bits per heavy atom. The number of hydrogen-bond donors (Lipinski definition) is 0. The molecule has 0 unspecified atom stereocenters. The van der Waals surface area contributed by atoms with Crippen LogP contribution in [-0.4, -0.2) is 28.6 Å². The van der Waals surface area contributed by atoms with E-state index in [-0.39, 0.29) is 17.3 Å². The van der Waals surface area contributed by atoms with E-state index in [9.17, 15) is 17.2 Å². The van der Waals surface area contributed by atoms with Crippen LogP contribution in [0, 0.1) is 11.6 Å². The molecule has 8 heteroatoms. The Balaban J connectivity index is 1.91. The minimum Gasteiger partial charge on any atom is -0.491 e. The van der Waals surface area contributed by atoms with Crippen molar-refractivity contribution in [3.05, 3.63) is 60.2 Å². The minimum absolute atomic E-state index is 0.0383. The Kier molecular flexibility index (Phi) is 4.66. The van der Waals surface area contributed by atoms with Gasteiger partial charge < -0.3 is 14.2 Å². The van der Waals surface area contributed by atoms with Crippen LogP contribution in [0.4, 0.5) is 8.78 Å². The van der Waals surface area contributed by atoms with E-state index >= 15 is 0 Å². The Morgan fingerprint density at radius 3 is 1.86 bits per heavy atom. The van der Waals surface area contributed by atoms with Gasteiger partial charge >= 0.3 is 0 Å². The second kappa shape index (κ2) is 7.04. The lowest BCUT2D eigenvalue weighted by atomic mass is 9.93. The topological polar surface area (TPSA) is 61.8 Å². The maximum absolute atomic E-state index is 14.3. The third kappa shape index (κ3) is 3.51. The van der Waals surface area contributed by atoms with E-state index in [4.69, 9.17) is 14.2 Å². The lowest BCUT2D eigenvalue weighted by Gasteiger charge is -2.14. The smallest absolute Gasteiger partial charge is 0.231 e. The summed E-state index contributed by atoms with van der Waals surface area (Å²) >= 11 is 0. The highest BCUT2D eigenvalue weighted by molar-refractivity contribution is 7.90. The fraction of sp³-hybridized carbons (Fsp3) is 0.143. The average Bonchev–Trinajstić information content (AvgIpc) is 3.13. The molecule has 0 radical (unpaired) electrons. The average molecular weight is 418 g/mol. The third-order valence-corrected chi connectivity index (χ3v) is 5.75. The van der Waals surface area contributed by atoms with E-state index < -0.39 is 27.2 Å². The summed E-state index contributed by atoms with van der Waals surface area (Å²) in [6.45, 7) is 0.0383. The van der Waals surface area contributed by atoms with Gasteiger partial charge in [0, 0.05) is 6.26 Å². The minimum atomic E-state index is -3.35. The van der Waals surface area contributed by atoms with Crippen LogP contribution in [0.5, 0.6) is 17.2 Å². The van der Waals surface area contributed by atoms with E-state index in [0.717, 1.165) is 6.26 Å². The van der Waals surface area contributed by atoms with Gasteiger partial charge in [-0.05, 0) is 58.7 Å². The van der Waals surface area contributed by atoms with Gasteiger partial charge in [0.25, 0.3) is 0 Å². The van der Waals surface area contributed by atoms with Crippen molar-refractivity contribution in [3.63, 3.8) is 0 Å². The lowest BCUT2D eigenvalue weighted by molar-refractivity contribution is 0.174. The van der Waals surface area contributed by atoms with Crippen LogP contribution in [-0.2, 0) is 9.84 Å². The molecule has 0 saturated carbocycles. The molecule has 1 aliphatic heterocycles. The van der Waals surface area contributed by atoms with Gasteiger partial charge in [-0.2, -0.15) is 0 Å². The molecule has 0 atom stereocenters.